The van der Waals surface area contributed by atoms with Gasteiger partial charge in [-0.3, -0.25) is 19.2 Å². The fraction of sp³-hybridized carbons (Fsp3) is 0.577. The maximum Gasteiger partial charge on any atom is 0.326 e. The number of unbranched alkanes of at least 4 members (excludes halogenated alkanes) is 1. The molecular weight excluding hydrogens is 508 g/mol. The number of carboxylic acids is 1. The molecule has 13 nitrogen and oxygen atoms in total. The summed E-state index contributed by atoms with van der Waals surface area (Å²) in [6, 6.07) is 1.50. The quantitative estimate of drug-likeness (QED) is 0.107. The summed E-state index contributed by atoms with van der Waals surface area (Å²) in [6.45, 7) is 4.01. The number of benzene rings is 1. The van der Waals surface area contributed by atoms with Crippen LogP contribution >= 0.6 is 0 Å². The maximum atomic E-state index is 13.3. The van der Waals surface area contributed by atoms with Crippen LogP contribution in [-0.2, 0) is 30.4 Å². The largest absolute Gasteiger partial charge is 0.508 e. The smallest absolute Gasteiger partial charge is 0.326 e. The molecule has 4 amide bonds. The number of primary amides is 1. The van der Waals surface area contributed by atoms with E-state index >= 15 is 0 Å². The minimum absolute atomic E-state index is 0.00336. The van der Waals surface area contributed by atoms with E-state index in [1.165, 1.54) is 12.1 Å². The summed E-state index contributed by atoms with van der Waals surface area (Å²) >= 11 is 0. The first-order valence-electron chi connectivity index (χ1n) is 13.0. The Morgan fingerprint density at radius 1 is 0.846 bits per heavy atom. The van der Waals surface area contributed by atoms with Crippen LogP contribution in [0.4, 0.5) is 0 Å². The van der Waals surface area contributed by atoms with Gasteiger partial charge in [0.05, 0.1) is 6.04 Å². The van der Waals surface area contributed by atoms with Gasteiger partial charge in [0.1, 0.15) is 23.9 Å². The lowest BCUT2D eigenvalue weighted by atomic mass is 10.0. The van der Waals surface area contributed by atoms with E-state index in [0.717, 1.165) is 0 Å². The van der Waals surface area contributed by atoms with Gasteiger partial charge in [-0.05, 0) is 62.3 Å². The monoisotopic (exact) mass is 550 g/mol. The molecule has 13 heteroatoms. The van der Waals surface area contributed by atoms with Crippen molar-refractivity contribution >= 4 is 29.6 Å². The number of aromatic hydroxyl groups is 1. The van der Waals surface area contributed by atoms with E-state index in [2.05, 4.69) is 16.0 Å². The highest BCUT2D eigenvalue weighted by Crippen LogP contribution is 2.13. The number of hydrogen-bond acceptors (Lipinski definition) is 8. The number of phenols is 1. The molecule has 0 saturated carbocycles. The molecule has 0 aliphatic heterocycles. The molecule has 1 aromatic carbocycles. The van der Waals surface area contributed by atoms with Crippen molar-refractivity contribution in [3.8, 4) is 5.75 Å². The molecule has 4 atom stereocenters. The standard InChI is InChI=1S/C26H42N6O7/c1-15(2)13-21(26(38)39)32-25(37)20(14-16-6-8-17(33)9-7-16)31-24(36)19(5-3-4-12-27)30-23(35)18(28)10-11-22(29)34/h6-9,15,18-21,33H,3-5,10-14,27-28H2,1-2H3,(H2,29,34)(H,30,35)(H,31,36)(H,32,37)(H,38,39). The maximum absolute atomic E-state index is 13.3. The van der Waals surface area contributed by atoms with E-state index in [9.17, 15) is 34.2 Å². The van der Waals surface area contributed by atoms with Crippen LogP contribution in [0.2, 0.25) is 0 Å². The van der Waals surface area contributed by atoms with Crippen LogP contribution in [0.3, 0.4) is 0 Å². The van der Waals surface area contributed by atoms with Crippen molar-refractivity contribution in [3.63, 3.8) is 0 Å². The lowest BCUT2D eigenvalue weighted by Crippen LogP contribution is -2.57. The first-order valence-corrected chi connectivity index (χ1v) is 13.0. The third-order valence-electron chi connectivity index (χ3n) is 5.95. The van der Waals surface area contributed by atoms with Gasteiger partial charge in [0.25, 0.3) is 0 Å². The Hall–Kier alpha value is -3.71. The number of carbonyl (C=O) groups is 5. The zero-order valence-electron chi connectivity index (χ0n) is 22.5. The first kappa shape index (κ1) is 33.3. The Bertz CT molecular complexity index is 970. The summed E-state index contributed by atoms with van der Waals surface area (Å²) in [5.74, 6) is -3.86. The van der Waals surface area contributed by atoms with E-state index in [4.69, 9.17) is 17.2 Å². The van der Waals surface area contributed by atoms with Crippen molar-refractivity contribution in [2.45, 2.75) is 83.0 Å². The van der Waals surface area contributed by atoms with Gasteiger partial charge in [-0.25, -0.2) is 4.79 Å². The molecule has 4 unspecified atom stereocenters. The number of nitrogens with one attached hydrogen (secondary N) is 3. The number of phenolic OH excluding ortho intramolecular Hbond substituents is 1. The Morgan fingerprint density at radius 3 is 1.95 bits per heavy atom. The van der Waals surface area contributed by atoms with Crippen LogP contribution in [0.15, 0.2) is 24.3 Å². The normalized spacial score (nSPS) is 14.1. The lowest BCUT2D eigenvalue weighted by molar-refractivity contribution is -0.142. The second-order valence-electron chi connectivity index (χ2n) is 9.92. The Balaban J connectivity index is 3.14. The number of carboxylic acid groups (broad SMARTS) is 1. The number of carbonyl (C=O) groups excluding carboxylic acids is 4. The fourth-order valence-electron chi connectivity index (χ4n) is 3.78. The number of aliphatic carboxylic acids is 1. The molecule has 0 radical (unpaired) electrons. The van der Waals surface area contributed by atoms with Crippen LogP contribution in [0.1, 0.15) is 57.9 Å². The average molecular weight is 551 g/mol. The SMILES string of the molecule is CC(C)CC(NC(=O)C(Cc1ccc(O)cc1)NC(=O)C(CCCCN)NC(=O)C(N)CCC(N)=O)C(=O)O. The summed E-state index contributed by atoms with van der Waals surface area (Å²) in [7, 11) is 0. The summed E-state index contributed by atoms with van der Waals surface area (Å²) in [5.41, 5.74) is 17.1. The van der Waals surface area contributed by atoms with Crippen molar-refractivity contribution in [2.75, 3.05) is 6.54 Å². The summed E-state index contributed by atoms with van der Waals surface area (Å²) in [6.07, 6.45) is 1.35. The zero-order valence-corrected chi connectivity index (χ0v) is 22.5. The molecule has 1 rings (SSSR count). The van der Waals surface area contributed by atoms with E-state index in [-0.39, 0.29) is 43.8 Å². The first-order chi connectivity index (χ1) is 18.3. The average Bonchev–Trinajstić information content (AvgIpc) is 2.86. The molecule has 39 heavy (non-hydrogen) atoms. The van der Waals surface area contributed by atoms with Gasteiger partial charge in [0.15, 0.2) is 0 Å². The Morgan fingerprint density at radius 2 is 1.41 bits per heavy atom. The molecule has 0 fully saturated rings. The molecule has 0 saturated heterocycles. The molecular formula is C26H42N6O7. The minimum atomic E-state index is -1.20. The van der Waals surface area contributed by atoms with Crippen molar-refractivity contribution in [3.05, 3.63) is 29.8 Å². The second kappa shape index (κ2) is 17.0. The second-order valence-corrected chi connectivity index (χ2v) is 9.92. The van der Waals surface area contributed by atoms with Gasteiger partial charge in [-0.15, -0.1) is 0 Å². The van der Waals surface area contributed by atoms with E-state index in [1.807, 2.05) is 13.8 Å². The number of hydrogen-bond donors (Lipinski definition) is 8. The summed E-state index contributed by atoms with van der Waals surface area (Å²) in [4.78, 5) is 61.9. The van der Waals surface area contributed by atoms with E-state index in [0.29, 0.717) is 24.9 Å². The van der Waals surface area contributed by atoms with Crippen LogP contribution in [0.25, 0.3) is 0 Å². The van der Waals surface area contributed by atoms with Crippen LogP contribution in [-0.4, -0.2) is 70.5 Å². The highest BCUT2D eigenvalue weighted by atomic mass is 16.4. The Kier molecular flexibility index (Phi) is 14.5. The molecule has 0 aliphatic rings. The van der Waals surface area contributed by atoms with Crippen molar-refractivity contribution in [1.29, 1.82) is 0 Å². The summed E-state index contributed by atoms with van der Waals surface area (Å²) < 4.78 is 0. The van der Waals surface area contributed by atoms with Gasteiger partial charge in [0.2, 0.25) is 23.6 Å². The van der Waals surface area contributed by atoms with Crippen LogP contribution < -0.4 is 33.2 Å². The molecule has 0 spiro atoms. The minimum Gasteiger partial charge on any atom is -0.508 e. The molecule has 0 aliphatic carbocycles. The van der Waals surface area contributed by atoms with Gasteiger partial charge >= 0.3 is 5.97 Å². The molecule has 0 aromatic heterocycles. The van der Waals surface area contributed by atoms with Crippen molar-refractivity contribution in [1.82, 2.24) is 16.0 Å². The molecule has 0 heterocycles. The molecule has 11 N–H and O–H groups in total. The number of amides is 4. The fourth-order valence-corrected chi connectivity index (χ4v) is 3.78. The van der Waals surface area contributed by atoms with Crippen LogP contribution in [0, 0.1) is 5.92 Å². The third kappa shape index (κ3) is 13.1. The van der Waals surface area contributed by atoms with Gasteiger partial charge in [0, 0.05) is 12.8 Å². The highest BCUT2D eigenvalue weighted by Gasteiger charge is 2.30. The molecule has 1 aromatic rings. The van der Waals surface area contributed by atoms with Gasteiger partial charge < -0.3 is 43.4 Å². The topological polar surface area (TPSA) is 240 Å². The number of nitrogens with two attached hydrogens (primary N) is 3. The summed E-state index contributed by atoms with van der Waals surface area (Å²) in [5, 5.41) is 26.8. The predicted molar refractivity (Wildman–Crippen MR) is 144 cm³/mol. The zero-order chi connectivity index (χ0) is 29.5. The predicted octanol–water partition coefficient (Wildman–Crippen LogP) is -0.758. The third-order valence-corrected chi connectivity index (χ3v) is 5.95. The van der Waals surface area contributed by atoms with Crippen molar-refractivity contribution in [2.24, 2.45) is 23.1 Å². The van der Waals surface area contributed by atoms with Crippen LogP contribution in [0.5, 0.6) is 5.75 Å². The van der Waals surface area contributed by atoms with E-state index < -0.39 is 53.8 Å². The highest BCUT2D eigenvalue weighted by molar-refractivity contribution is 5.94. The molecule has 218 valence electrons. The number of rotatable bonds is 18. The van der Waals surface area contributed by atoms with Gasteiger partial charge in [-0.1, -0.05) is 26.0 Å². The van der Waals surface area contributed by atoms with Crippen molar-refractivity contribution < 1.29 is 34.2 Å². The van der Waals surface area contributed by atoms with E-state index in [1.54, 1.807) is 12.1 Å². The Labute approximate surface area is 228 Å². The lowest BCUT2D eigenvalue weighted by Gasteiger charge is -2.26. The molecule has 0 bridgehead atoms. The van der Waals surface area contributed by atoms with Gasteiger partial charge in [-0.2, -0.15) is 0 Å².